The molecule has 3 aliphatic rings. The minimum absolute atomic E-state index is 0.0109. The lowest BCUT2D eigenvalue weighted by Crippen LogP contribution is -2.58. The zero-order valence-corrected chi connectivity index (χ0v) is 27.1. The summed E-state index contributed by atoms with van der Waals surface area (Å²) in [7, 11) is -3.97. The van der Waals surface area contributed by atoms with Crippen LogP contribution in [-0.2, 0) is 37.4 Å². The second kappa shape index (κ2) is 13.8. The lowest BCUT2D eigenvalue weighted by atomic mass is 9.46. The summed E-state index contributed by atoms with van der Waals surface area (Å²) < 4.78 is 46.1. The first-order valence-corrected chi connectivity index (χ1v) is 16.6. The Morgan fingerprint density at radius 2 is 1.84 bits per heavy atom. The maximum absolute atomic E-state index is 13.6. The van der Waals surface area contributed by atoms with Crippen LogP contribution in [0.3, 0.4) is 0 Å². The molecule has 0 amide bonds. The van der Waals surface area contributed by atoms with E-state index in [1.165, 1.54) is 19.1 Å². The van der Waals surface area contributed by atoms with Crippen LogP contribution < -0.4 is 4.52 Å². The summed E-state index contributed by atoms with van der Waals surface area (Å²) in [6, 6.07) is 6.31. The van der Waals surface area contributed by atoms with Gasteiger partial charge in [-0.1, -0.05) is 50.3 Å². The number of carbonyl (C=O) groups excluding carboxylic acids is 3. The summed E-state index contributed by atoms with van der Waals surface area (Å²) in [6.45, 7) is 13.7. The number of esters is 3. The van der Waals surface area contributed by atoms with Crippen LogP contribution in [-0.4, -0.2) is 50.4 Å². The third kappa shape index (κ3) is 7.03. The van der Waals surface area contributed by atoms with E-state index in [-0.39, 0.29) is 61.0 Å². The molecule has 11 heteroatoms. The van der Waals surface area contributed by atoms with Crippen molar-refractivity contribution < 1.29 is 46.7 Å². The van der Waals surface area contributed by atoms with E-state index in [9.17, 15) is 18.9 Å². The van der Waals surface area contributed by atoms with Gasteiger partial charge in [0.1, 0.15) is 30.6 Å². The molecule has 2 aliphatic carbocycles. The number of carbonyl (C=O) groups is 3. The highest BCUT2D eigenvalue weighted by atomic mass is 31.2. The number of hydrogen-bond donors (Lipinski definition) is 0. The van der Waals surface area contributed by atoms with E-state index in [1.54, 1.807) is 32.1 Å². The topological polar surface area (TPSA) is 124 Å². The molecule has 2 unspecified atom stereocenters. The summed E-state index contributed by atoms with van der Waals surface area (Å²) in [6.07, 6.45) is 7.93. The molecule has 2 fully saturated rings. The summed E-state index contributed by atoms with van der Waals surface area (Å²) in [4.78, 5) is 37.8. The van der Waals surface area contributed by atoms with Gasteiger partial charge in [-0.15, -0.1) is 0 Å². The zero-order valence-electron chi connectivity index (χ0n) is 26.2. The fraction of sp³-hybridized carbons (Fsp3) is 0.545. The van der Waals surface area contributed by atoms with Gasteiger partial charge in [-0.2, -0.15) is 0 Å². The fourth-order valence-electron chi connectivity index (χ4n) is 7.10. The minimum atomic E-state index is -3.97. The number of ether oxygens (including phenoxy) is 3. The van der Waals surface area contributed by atoms with Crippen LogP contribution in [0.1, 0.15) is 70.7 Å². The Labute approximate surface area is 259 Å². The number of cyclic esters (lactones) is 1. The third-order valence-electron chi connectivity index (χ3n) is 9.11. The monoisotopic (exact) mass is 630 g/mol. The van der Waals surface area contributed by atoms with Crippen molar-refractivity contribution in [3.63, 3.8) is 0 Å². The van der Waals surface area contributed by atoms with Crippen LogP contribution >= 0.6 is 7.82 Å². The number of hydrogen-bond acceptors (Lipinski definition) is 10. The standard InChI is InChI=1S/C33H43O10P/c1-7-40-44(37,41-8-2)43-27-12-10-9-11-25(27)31(36)39-21-33(6)28-16-13-22(3)26(15-14-24-18-20-38-30(24)35)32(28,5)19-17-29(33)42-23(4)34/h9-12,14-15,18,26,28-29H,3,7-8,13,16-17,19-21H2,1-2,4-6H3/b15-14+/t26?,28?,29-,32-,33+/m1/s1. The molecule has 10 nitrogen and oxygen atoms in total. The van der Waals surface area contributed by atoms with Crippen LogP contribution in [0.4, 0.5) is 0 Å². The summed E-state index contributed by atoms with van der Waals surface area (Å²) in [5, 5.41) is 0. The van der Waals surface area contributed by atoms with Gasteiger partial charge in [0, 0.05) is 18.3 Å². The highest BCUT2D eigenvalue weighted by molar-refractivity contribution is 7.48. The molecule has 4 rings (SSSR count). The molecule has 0 N–H and O–H groups in total. The third-order valence-corrected chi connectivity index (χ3v) is 10.7. The molecular weight excluding hydrogens is 587 g/mol. The van der Waals surface area contributed by atoms with Gasteiger partial charge in [0.05, 0.1) is 18.8 Å². The molecule has 2 saturated carbocycles. The summed E-state index contributed by atoms with van der Waals surface area (Å²) >= 11 is 0. The molecule has 0 spiro atoms. The van der Waals surface area contributed by atoms with Crippen molar-refractivity contribution in [2.24, 2.45) is 22.7 Å². The second-order valence-corrected chi connectivity index (χ2v) is 13.5. The predicted octanol–water partition coefficient (Wildman–Crippen LogP) is 6.76. The fourth-order valence-corrected chi connectivity index (χ4v) is 8.31. The van der Waals surface area contributed by atoms with Gasteiger partial charge in [-0.05, 0) is 69.1 Å². The number of benzene rings is 1. The molecule has 0 bridgehead atoms. The van der Waals surface area contributed by atoms with E-state index in [1.807, 2.05) is 19.1 Å². The van der Waals surface area contributed by atoms with Crippen LogP contribution in [0, 0.1) is 22.7 Å². The van der Waals surface area contributed by atoms with E-state index >= 15 is 0 Å². The molecule has 1 aromatic carbocycles. The maximum Gasteiger partial charge on any atom is 0.530 e. The van der Waals surface area contributed by atoms with E-state index in [4.69, 9.17) is 27.8 Å². The van der Waals surface area contributed by atoms with Crippen molar-refractivity contribution in [2.45, 2.75) is 66.4 Å². The van der Waals surface area contributed by atoms with Crippen LogP contribution in [0.25, 0.3) is 0 Å². The first-order chi connectivity index (χ1) is 20.9. The Morgan fingerprint density at radius 3 is 2.48 bits per heavy atom. The normalized spacial score (nSPS) is 28.7. The van der Waals surface area contributed by atoms with Gasteiger partial charge >= 0.3 is 25.7 Å². The van der Waals surface area contributed by atoms with E-state index in [0.29, 0.717) is 12.0 Å². The van der Waals surface area contributed by atoms with Crippen molar-refractivity contribution in [3.8, 4) is 5.75 Å². The number of para-hydroxylation sites is 1. The van der Waals surface area contributed by atoms with Crippen molar-refractivity contribution in [1.29, 1.82) is 0 Å². The largest absolute Gasteiger partial charge is 0.530 e. The van der Waals surface area contributed by atoms with Crippen LogP contribution in [0.2, 0.25) is 0 Å². The summed E-state index contributed by atoms with van der Waals surface area (Å²) in [5.74, 6) is -1.49. The molecule has 5 atom stereocenters. The molecule has 1 heterocycles. The molecule has 0 saturated heterocycles. The van der Waals surface area contributed by atoms with Gasteiger partial charge < -0.3 is 18.7 Å². The van der Waals surface area contributed by atoms with Crippen molar-refractivity contribution in [3.05, 3.63) is 65.8 Å². The zero-order chi connectivity index (χ0) is 32.1. The number of phosphoric acid groups is 1. The lowest BCUT2D eigenvalue weighted by molar-refractivity contribution is -0.183. The van der Waals surface area contributed by atoms with Gasteiger partial charge in [-0.25, -0.2) is 14.2 Å². The number of fused-ring (bicyclic) bond motifs is 1. The molecule has 44 heavy (non-hydrogen) atoms. The minimum Gasteiger partial charge on any atom is -0.462 e. The quantitative estimate of drug-likeness (QED) is 0.106. The number of rotatable bonds is 12. The molecule has 0 radical (unpaired) electrons. The average molecular weight is 631 g/mol. The molecular formula is C33H43O10P. The van der Waals surface area contributed by atoms with Crippen molar-refractivity contribution >= 4 is 25.7 Å². The first-order valence-electron chi connectivity index (χ1n) is 15.1. The Bertz CT molecular complexity index is 1370. The molecule has 1 aliphatic heterocycles. The second-order valence-electron chi connectivity index (χ2n) is 11.9. The SMILES string of the molecule is C=C1CCC2[C@](C)(CC[C@@H](OC(C)=O)[C@@]2(C)COC(=O)c2ccccc2OP(=O)(OCC)OCC)C1/C=C/C1=CCOC1=O. The van der Waals surface area contributed by atoms with Gasteiger partial charge in [0.15, 0.2) is 0 Å². The van der Waals surface area contributed by atoms with Gasteiger partial charge in [0.2, 0.25) is 0 Å². The van der Waals surface area contributed by atoms with Gasteiger partial charge in [-0.3, -0.25) is 13.8 Å². The van der Waals surface area contributed by atoms with Crippen LogP contribution in [0.15, 0.2) is 60.2 Å². The highest BCUT2D eigenvalue weighted by Crippen LogP contribution is 2.62. The molecule has 1 aromatic rings. The maximum atomic E-state index is 13.6. The Morgan fingerprint density at radius 1 is 1.14 bits per heavy atom. The van der Waals surface area contributed by atoms with Crippen molar-refractivity contribution in [1.82, 2.24) is 0 Å². The Hall–Kier alpha value is -3.20. The Balaban J connectivity index is 1.61. The highest BCUT2D eigenvalue weighted by Gasteiger charge is 2.59. The van der Waals surface area contributed by atoms with E-state index in [2.05, 4.69) is 13.5 Å². The van der Waals surface area contributed by atoms with E-state index < -0.39 is 31.3 Å². The average Bonchev–Trinajstić information content (AvgIpc) is 3.37. The van der Waals surface area contributed by atoms with Gasteiger partial charge in [0.25, 0.3) is 0 Å². The summed E-state index contributed by atoms with van der Waals surface area (Å²) in [5.41, 5.74) is 0.598. The first kappa shape index (κ1) is 33.7. The van der Waals surface area contributed by atoms with Crippen LogP contribution in [0.5, 0.6) is 5.75 Å². The Kier molecular flexibility index (Phi) is 10.6. The van der Waals surface area contributed by atoms with E-state index in [0.717, 1.165) is 24.8 Å². The molecule has 240 valence electrons. The van der Waals surface area contributed by atoms with Crippen molar-refractivity contribution in [2.75, 3.05) is 26.4 Å². The molecule has 0 aromatic heterocycles. The smallest absolute Gasteiger partial charge is 0.462 e. The number of allylic oxidation sites excluding steroid dienone is 2. The number of phosphoric ester groups is 1. The lowest BCUT2D eigenvalue weighted by Gasteiger charge is -2.59. The predicted molar refractivity (Wildman–Crippen MR) is 163 cm³/mol.